The minimum absolute atomic E-state index is 0.0535. The molecule has 96 valence electrons. The Morgan fingerprint density at radius 2 is 2.00 bits per heavy atom. The first kappa shape index (κ1) is 14.5. The molecule has 1 aromatic rings. The van der Waals surface area contributed by atoms with E-state index in [1.54, 1.807) is 14.2 Å². The zero-order valence-electron chi connectivity index (χ0n) is 10.8. The van der Waals surface area contributed by atoms with Crippen LogP contribution in [0.25, 0.3) is 0 Å². The molecule has 0 radical (unpaired) electrons. The monoisotopic (exact) mass is 301 g/mol. The Hall–Kier alpha value is -0.580. The molecule has 0 bridgehead atoms. The van der Waals surface area contributed by atoms with Crippen LogP contribution in [-0.4, -0.2) is 26.4 Å². The fraction of sp³-hybridized carbons (Fsp3) is 0.538. The van der Waals surface area contributed by atoms with E-state index in [0.717, 1.165) is 22.3 Å². The molecule has 0 saturated heterocycles. The van der Waals surface area contributed by atoms with E-state index in [4.69, 9.17) is 9.47 Å². The summed E-state index contributed by atoms with van der Waals surface area (Å²) in [5.41, 5.74) is 1.08. The van der Waals surface area contributed by atoms with Crippen molar-refractivity contribution < 1.29 is 9.47 Å². The standard InChI is InChI=1S/C13H20BrNO2/c1-13(2,9-16-3)15-8-10-7-11(14)5-6-12(10)17-4/h5-7,15H,8-9H2,1-4H3. The zero-order valence-corrected chi connectivity index (χ0v) is 12.4. The van der Waals surface area contributed by atoms with Gasteiger partial charge in [-0.15, -0.1) is 0 Å². The van der Waals surface area contributed by atoms with Gasteiger partial charge in [0.15, 0.2) is 0 Å². The Balaban J connectivity index is 2.71. The highest BCUT2D eigenvalue weighted by Gasteiger charge is 2.17. The molecule has 0 atom stereocenters. The van der Waals surface area contributed by atoms with Gasteiger partial charge in [0.1, 0.15) is 5.75 Å². The van der Waals surface area contributed by atoms with Crippen LogP contribution in [0.4, 0.5) is 0 Å². The van der Waals surface area contributed by atoms with Crippen molar-refractivity contribution in [1.82, 2.24) is 5.32 Å². The van der Waals surface area contributed by atoms with E-state index in [2.05, 4.69) is 41.2 Å². The van der Waals surface area contributed by atoms with Gasteiger partial charge in [-0.3, -0.25) is 0 Å². The molecule has 1 N–H and O–H groups in total. The fourth-order valence-corrected chi connectivity index (χ4v) is 2.04. The molecule has 0 aliphatic carbocycles. The number of benzene rings is 1. The van der Waals surface area contributed by atoms with Crippen molar-refractivity contribution in [3.8, 4) is 5.75 Å². The van der Waals surface area contributed by atoms with Crippen molar-refractivity contribution in [2.75, 3.05) is 20.8 Å². The lowest BCUT2D eigenvalue weighted by atomic mass is 10.1. The summed E-state index contributed by atoms with van der Waals surface area (Å²) in [5.74, 6) is 0.897. The lowest BCUT2D eigenvalue weighted by Gasteiger charge is -2.25. The molecule has 0 aromatic heterocycles. The third kappa shape index (κ3) is 4.66. The average Bonchev–Trinajstić information content (AvgIpc) is 2.27. The van der Waals surface area contributed by atoms with Crippen LogP contribution in [0.1, 0.15) is 19.4 Å². The molecular weight excluding hydrogens is 282 g/mol. The van der Waals surface area contributed by atoms with Crippen molar-refractivity contribution in [2.45, 2.75) is 25.9 Å². The molecule has 0 spiro atoms. The number of hydrogen-bond acceptors (Lipinski definition) is 3. The summed E-state index contributed by atoms with van der Waals surface area (Å²) in [6.07, 6.45) is 0. The van der Waals surface area contributed by atoms with Gasteiger partial charge in [-0.05, 0) is 32.0 Å². The number of halogens is 1. The third-order valence-electron chi connectivity index (χ3n) is 2.51. The zero-order chi connectivity index (χ0) is 12.9. The second-order valence-electron chi connectivity index (χ2n) is 4.63. The molecule has 1 rings (SSSR count). The van der Waals surface area contributed by atoms with E-state index in [9.17, 15) is 0 Å². The highest BCUT2D eigenvalue weighted by atomic mass is 79.9. The molecule has 0 amide bonds. The minimum Gasteiger partial charge on any atom is -0.496 e. The van der Waals surface area contributed by atoms with Gasteiger partial charge < -0.3 is 14.8 Å². The van der Waals surface area contributed by atoms with E-state index >= 15 is 0 Å². The Labute approximate surface area is 112 Å². The lowest BCUT2D eigenvalue weighted by Crippen LogP contribution is -2.42. The first-order chi connectivity index (χ1) is 7.98. The first-order valence-electron chi connectivity index (χ1n) is 5.55. The largest absolute Gasteiger partial charge is 0.496 e. The Morgan fingerprint density at radius 3 is 2.59 bits per heavy atom. The molecule has 17 heavy (non-hydrogen) atoms. The molecule has 0 aliphatic heterocycles. The minimum atomic E-state index is -0.0535. The summed E-state index contributed by atoms with van der Waals surface area (Å²) in [5, 5.41) is 3.45. The van der Waals surface area contributed by atoms with Crippen LogP contribution < -0.4 is 10.1 Å². The topological polar surface area (TPSA) is 30.5 Å². The summed E-state index contributed by atoms with van der Waals surface area (Å²) in [6, 6.07) is 6.00. The number of nitrogens with one attached hydrogen (secondary N) is 1. The SMILES string of the molecule is COCC(C)(C)NCc1cc(Br)ccc1OC. The third-order valence-corrected chi connectivity index (χ3v) is 3.00. The number of rotatable bonds is 6. The van der Waals surface area contributed by atoms with Crippen LogP contribution in [0.2, 0.25) is 0 Å². The Bertz CT molecular complexity index is 366. The van der Waals surface area contributed by atoms with Gasteiger partial charge in [0.05, 0.1) is 13.7 Å². The second-order valence-corrected chi connectivity index (χ2v) is 5.54. The molecule has 0 saturated carbocycles. The van der Waals surface area contributed by atoms with Crippen LogP contribution in [0.3, 0.4) is 0 Å². The van der Waals surface area contributed by atoms with Crippen LogP contribution in [0.5, 0.6) is 5.75 Å². The maximum Gasteiger partial charge on any atom is 0.123 e. The van der Waals surface area contributed by atoms with Gasteiger partial charge in [0.25, 0.3) is 0 Å². The Kier molecular flexibility index (Phi) is 5.43. The summed E-state index contributed by atoms with van der Waals surface area (Å²) in [7, 11) is 3.40. The molecule has 0 unspecified atom stereocenters. The molecule has 0 heterocycles. The summed E-state index contributed by atoms with van der Waals surface area (Å²) in [4.78, 5) is 0. The summed E-state index contributed by atoms with van der Waals surface area (Å²) < 4.78 is 11.6. The predicted molar refractivity (Wildman–Crippen MR) is 73.5 cm³/mol. The maximum absolute atomic E-state index is 5.33. The van der Waals surface area contributed by atoms with Crippen LogP contribution in [0, 0.1) is 0 Å². The molecule has 1 aromatic carbocycles. The van der Waals surface area contributed by atoms with E-state index in [0.29, 0.717) is 6.61 Å². The van der Waals surface area contributed by atoms with E-state index in [1.165, 1.54) is 0 Å². The molecule has 3 nitrogen and oxygen atoms in total. The summed E-state index contributed by atoms with van der Waals surface area (Å²) >= 11 is 3.47. The van der Waals surface area contributed by atoms with Gasteiger partial charge in [-0.25, -0.2) is 0 Å². The fourth-order valence-electron chi connectivity index (χ4n) is 1.63. The second kappa shape index (κ2) is 6.38. The van der Waals surface area contributed by atoms with Crippen LogP contribution in [0.15, 0.2) is 22.7 Å². The quantitative estimate of drug-likeness (QED) is 0.876. The number of hydrogen-bond donors (Lipinski definition) is 1. The van der Waals surface area contributed by atoms with Gasteiger partial charge >= 0.3 is 0 Å². The van der Waals surface area contributed by atoms with Gasteiger partial charge in [0, 0.05) is 29.2 Å². The van der Waals surface area contributed by atoms with Crippen LogP contribution in [-0.2, 0) is 11.3 Å². The molecule has 0 fully saturated rings. The summed E-state index contributed by atoms with van der Waals surface area (Å²) in [6.45, 7) is 5.64. The van der Waals surface area contributed by atoms with E-state index in [1.807, 2.05) is 12.1 Å². The van der Waals surface area contributed by atoms with Crippen molar-refractivity contribution in [3.05, 3.63) is 28.2 Å². The predicted octanol–water partition coefficient (Wildman–Crippen LogP) is 2.97. The number of methoxy groups -OCH3 is 2. The van der Waals surface area contributed by atoms with Crippen molar-refractivity contribution in [1.29, 1.82) is 0 Å². The van der Waals surface area contributed by atoms with Crippen molar-refractivity contribution >= 4 is 15.9 Å². The first-order valence-corrected chi connectivity index (χ1v) is 6.34. The van der Waals surface area contributed by atoms with Crippen LogP contribution >= 0.6 is 15.9 Å². The smallest absolute Gasteiger partial charge is 0.123 e. The normalized spacial score (nSPS) is 11.6. The molecule has 4 heteroatoms. The maximum atomic E-state index is 5.33. The Morgan fingerprint density at radius 1 is 1.29 bits per heavy atom. The highest BCUT2D eigenvalue weighted by Crippen LogP contribution is 2.23. The van der Waals surface area contributed by atoms with Crippen molar-refractivity contribution in [2.24, 2.45) is 0 Å². The van der Waals surface area contributed by atoms with Gasteiger partial charge in [-0.2, -0.15) is 0 Å². The van der Waals surface area contributed by atoms with Crippen molar-refractivity contribution in [3.63, 3.8) is 0 Å². The lowest BCUT2D eigenvalue weighted by molar-refractivity contribution is 0.127. The average molecular weight is 302 g/mol. The highest BCUT2D eigenvalue weighted by molar-refractivity contribution is 9.10. The van der Waals surface area contributed by atoms with Gasteiger partial charge in [0.2, 0.25) is 0 Å². The molecule has 0 aliphatic rings. The molecular formula is C13H20BrNO2. The number of ether oxygens (including phenoxy) is 2. The van der Waals surface area contributed by atoms with Gasteiger partial charge in [-0.1, -0.05) is 15.9 Å². The van der Waals surface area contributed by atoms with E-state index < -0.39 is 0 Å². The van der Waals surface area contributed by atoms with E-state index in [-0.39, 0.29) is 5.54 Å².